The number of hydrogen-bond donors (Lipinski definition) is 3. The van der Waals surface area contributed by atoms with Gasteiger partial charge in [0.1, 0.15) is 0 Å². The molecule has 7 nitrogen and oxygen atoms in total. The number of carbonyl (C=O) groups is 2. The van der Waals surface area contributed by atoms with E-state index in [4.69, 9.17) is 5.11 Å². The van der Waals surface area contributed by atoms with Crippen molar-refractivity contribution in [3.05, 3.63) is 18.0 Å². The van der Waals surface area contributed by atoms with Gasteiger partial charge in [-0.05, 0) is 19.9 Å². The molecule has 3 N–H and O–H groups in total. The topological polar surface area (TPSA) is 96.3 Å². The Kier molecular flexibility index (Phi) is 4.30. The van der Waals surface area contributed by atoms with Crippen molar-refractivity contribution in [2.75, 3.05) is 0 Å². The second-order valence-electron chi connectivity index (χ2n) is 4.71. The molecule has 0 saturated carbocycles. The Hall–Kier alpha value is -2.05. The molecule has 1 aromatic rings. The Morgan fingerprint density at radius 2 is 2.17 bits per heavy atom. The zero-order valence-electron chi connectivity index (χ0n) is 10.7. The molecule has 100 valence electrons. The summed E-state index contributed by atoms with van der Waals surface area (Å²) in [4.78, 5) is 22.2. The van der Waals surface area contributed by atoms with Crippen LogP contribution in [0.3, 0.4) is 0 Å². The maximum absolute atomic E-state index is 11.6. The second kappa shape index (κ2) is 5.52. The maximum Gasteiger partial charge on any atom is 0.315 e. The van der Waals surface area contributed by atoms with Crippen LogP contribution in [0, 0.1) is 0 Å². The monoisotopic (exact) mass is 254 g/mol. The highest BCUT2D eigenvalue weighted by atomic mass is 16.4. The number of carboxylic acid groups (broad SMARTS) is 1. The fourth-order valence-electron chi connectivity index (χ4n) is 1.52. The zero-order chi connectivity index (χ0) is 13.8. The number of aliphatic carboxylic acids is 1. The number of hydrogen-bond acceptors (Lipinski definition) is 3. The summed E-state index contributed by atoms with van der Waals surface area (Å²) in [5.41, 5.74) is 0.0729. The van der Waals surface area contributed by atoms with Gasteiger partial charge in [0, 0.05) is 18.8 Å². The molecule has 0 atom stereocenters. The highest BCUT2D eigenvalue weighted by Gasteiger charge is 2.23. The zero-order valence-corrected chi connectivity index (χ0v) is 10.7. The molecule has 18 heavy (non-hydrogen) atoms. The smallest absolute Gasteiger partial charge is 0.315 e. The maximum atomic E-state index is 11.6. The highest BCUT2D eigenvalue weighted by molar-refractivity contribution is 5.76. The van der Waals surface area contributed by atoms with E-state index >= 15 is 0 Å². The first-order valence-corrected chi connectivity index (χ1v) is 5.55. The molecule has 1 aromatic heterocycles. The number of nitrogens with zero attached hydrogens (tertiary/aromatic N) is 2. The van der Waals surface area contributed by atoms with Crippen LogP contribution < -0.4 is 10.6 Å². The Morgan fingerprint density at radius 1 is 1.50 bits per heavy atom. The van der Waals surface area contributed by atoms with E-state index in [-0.39, 0.29) is 6.42 Å². The molecule has 0 aliphatic heterocycles. The molecule has 0 aliphatic carbocycles. The molecule has 0 aromatic carbocycles. The molecule has 0 unspecified atom stereocenters. The predicted molar refractivity (Wildman–Crippen MR) is 64.9 cm³/mol. The van der Waals surface area contributed by atoms with Crippen LogP contribution >= 0.6 is 0 Å². The lowest BCUT2D eigenvalue weighted by Crippen LogP contribution is -2.49. The molecular formula is C11H18N4O3. The molecule has 7 heteroatoms. The number of aromatic nitrogens is 2. The first kappa shape index (κ1) is 14.0. The summed E-state index contributed by atoms with van der Waals surface area (Å²) in [7, 11) is 1.78. The van der Waals surface area contributed by atoms with Gasteiger partial charge in [0.05, 0.1) is 18.7 Å². The molecule has 0 fully saturated rings. The van der Waals surface area contributed by atoms with Crippen molar-refractivity contribution in [1.82, 2.24) is 20.4 Å². The van der Waals surface area contributed by atoms with Crippen molar-refractivity contribution >= 4 is 12.0 Å². The van der Waals surface area contributed by atoms with E-state index in [1.807, 2.05) is 0 Å². The van der Waals surface area contributed by atoms with Crippen LogP contribution in [0.1, 0.15) is 26.0 Å². The van der Waals surface area contributed by atoms with E-state index < -0.39 is 17.5 Å². The van der Waals surface area contributed by atoms with Gasteiger partial charge in [-0.1, -0.05) is 0 Å². The third-order valence-electron chi connectivity index (χ3n) is 2.40. The van der Waals surface area contributed by atoms with Crippen LogP contribution in [-0.4, -0.2) is 32.4 Å². The van der Waals surface area contributed by atoms with E-state index in [1.54, 1.807) is 37.8 Å². The van der Waals surface area contributed by atoms with Crippen LogP contribution in [0.4, 0.5) is 4.79 Å². The Bertz CT molecular complexity index is 439. The predicted octanol–water partition coefficient (Wildman–Crippen LogP) is 0.473. The first-order chi connectivity index (χ1) is 8.30. The summed E-state index contributed by atoms with van der Waals surface area (Å²) in [6.45, 7) is 3.65. The van der Waals surface area contributed by atoms with Gasteiger partial charge >= 0.3 is 12.0 Å². The van der Waals surface area contributed by atoms with E-state index in [0.717, 1.165) is 5.69 Å². The number of carboxylic acids is 1. The van der Waals surface area contributed by atoms with Crippen molar-refractivity contribution in [3.8, 4) is 0 Å². The van der Waals surface area contributed by atoms with Gasteiger partial charge in [-0.2, -0.15) is 5.10 Å². The molecular weight excluding hydrogens is 236 g/mol. The van der Waals surface area contributed by atoms with Gasteiger partial charge in [-0.25, -0.2) is 4.79 Å². The molecule has 0 aliphatic rings. The van der Waals surface area contributed by atoms with E-state index in [1.165, 1.54) is 0 Å². The number of rotatable bonds is 5. The quantitative estimate of drug-likeness (QED) is 0.711. The normalized spacial score (nSPS) is 11.1. The lowest BCUT2D eigenvalue weighted by Gasteiger charge is -2.24. The summed E-state index contributed by atoms with van der Waals surface area (Å²) in [6, 6.07) is 1.39. The first-order valence-electron chi connectivity index (χ1n) is 5.55. The third-order valence-corrected chi connectivity index (χ3v) is 2.40. The molecule has 1 heterocycles. The summed E-state index contributed by atoms with van der Waals surface area (Å²) >= 11 is 0. The molecule has 0 spiro atoms. The van der Waals surface area contributed by atoms with Crippen molar-refractivity contribution in [2.45, 2.75) is 32.4 Å². The fourth-order valence-corrected chi connectivity index (χ4v) is 1.52. The largest absolute Gasteiger partial charge is 0.481 e. The number of aryl methyl sites for hydroxylation is 1. The van der Waals surface area contributed by atoms with Gasteiger partial charge in [0.2, 0.25) is 0 Å². The Morgan fingerprint density at radius 3 is 2.67 bits per heavy atom. The molecule has 2 amide bonds. The lowest BCUT2D eigenvalue weighted by atomic mass is 10.0. The van der Waals surface area contributed by atoms with Crippen molar-refractivity contribution in [2.24, 2.45) is 7.05 Å². The fraction of sp³-hybridized carbons (Fsp3) is 0.545. The Labute approximate surface area is 105 Å². The van der Waals surface area contributed by atoms with Crippen LogP contribution in [0.5, 0.6) is 0 Å². The van der Waals surface area contributed by atoms with E-state index in [0.29, 0.717) is 6.54 Å². The summed E-state index contributed by atoms with van der Waals surface area (Å²) < 4.78 is 1.66. The van der Waals surface area contributed by atoms with E-state index in [9.17, 15) is 9.59 Å². The number of urea groups is 1. The van der Waals surface area contributed by atoms with Gasteiger partial charge in [-0.15, -0.1) is 0 Å². The van der Waals surface area contributed by atoms with Crippen molar-refractivity contribution in [1.29, 1.82) is 0 Å². The summed E-state index contributed by atoms with van der Waals surface area (Å²) in [5.74, 6) is -0.952. The molecule has 0 radical (unpaired) electrons. The highest BCUT2D eigenvalue weighted by Crippen LogP contribution is 2.07. The average molecular weight is 254 g/mol. The average Bonchev–Trinajstić information content (AvgIpc) is 2.58. The summed E-state index contributed by atoms with van der Waals surface area (Å²) in [6.07, 6.45) is 1.51. The van der Waals surface area contributed by atoms with Crippen LogP contribution in [0.15, 0.2) is 12.3 Å². The van der Waals surface area contributed by atoms with E-state index in [2.05, 4.69) is 15.7 Å². The number of nitrogens with one attached hydrogen (secondary N) is 2. The van der Waals surface area contributed by atoms with Gasteiger partial charge < -0.3 is 15.7 Å². The van der Waals surface area contributed by atoms with Gasteiger partial charge in [0.15, 0.2) is 0 Å². The molecule has 1 rings (SSSR count). The molecule has 0 bridgehead atoms. The lowest BCUT2D eigenvalue weighted by molar-refractivity contribution is -0.138. The van der Waals surface area contributed by atoms with Crippen LogP contribution in [0.25, 0.3) is 0 Å². The standard InChI is InChI=1S/C11H18N4O3/c1-11(2,6-9(16)17)14-10(18)12-7-8-4-5-13-15(8)3/h4-5H,6-7H2,1-3H3,(H,16,17)(H2,12,14,18). The number of carbonyl (C=O) groups excluding carboxylic acids is 1. The SMILES string of the molecule is Cn1nccc1CNC(=O)NC(C)(C)CC(=O)O. The second-order valence-corrected chi connectivity index (χ2v) is 4.71. The minimum Gasteiger partial charge on any atom is -0.481 e. The molecule has 0 saturated heterocycles. The van der Waals surface area contributed by atoms with Crippen LogP contribution in [-0.2, 0) is 18.4 Å². The van der Waals surface area contributed by atoms with Gasteiger partial charge in [0.25, 0.3) is 0 Å². The van der Waals surface area contributed by atoms with Crippen molar-refractivity contribution < 1.29 is 14.7 Å². The third kappa shape index (κ3) is 4.44. The minimum absolute atomic E-state index is 0.133. The minimum atomic E-state index is -0.952. The van der Waals surface area contributed by atoms with Gasteiger partial charge in [-0.3, -0.25) is 9.48 Å². The Balaban J connectivity index is 2.42. The van der Waals surface area contributed by atoms with Crippen LogP contribution in [0.2, 0.25) is 0 Å². The summed E-state index contributed by atoms with van der Waals surface area (Å²) in [5, 5.41) is 17.9. The van der Waals surface area contributed by atoms with Crippen molar-refractivity contribution in [3.63, 3.8) is 0 Å². The number of amides is 2.